The van der Waals surface area contributed by atoms with Crippen molar-refractivity contribution in [2.45, 2.75) is 19.4 Å². The van der Waals surface area contributed by atoms with Crippen molar-refractivity contribution in [3.05, 3.63) is 53.6 Å². The van der Waals surface area contributed by atoms with Crippen LogP contribution in [0, 0.1) is 18.6 Å². The SMILES string of the molecule is Cc1cn2cc(NC(=O)c3c(F)cc(N4CC[C@H](N(C)C)C4)c4cn(C)nc34)cc(F)c2n1. The van der Waals surface area contributed by atoms with Crippen molar-refractivity contribution in [3.8, 4) is 0 Å². The van der Waals surface area contributed by atoms with Crippen LogP contribution in [-0.4, -0.2) is 63.2 Å². The number of nitrogens with zero attached hydrogens (tertiary/aromatic N) is 6. The Morgan fingerprint density at radius 3 is 2.70 bits per heavy atom. The number of carbonyl (C=O) groups is 1. The molecule has 1 aromatic carbocycles. The number of hydrogen-bond acceptors (Lipinski definition) is 5. The summed E-state index contributed by atoms with van der Waals surface area (Å²) in [5.74, 6) is -1.93. The van der Waals surface area contributed by atoms with Crippen LogP contribution >= 0.6 is 0 Å². The maximum absolute atomic E-state index is 15.4. The smallest absolute Gasteiger partial charge is 0.260 e. The summed E-state index contributed by atoms with van der Waals surface area (Å²) in [6.45, 7) is 3.31. The Morgan fingerprint density at radius 1 is 1.18 bits per heavy atom. The fourth-order valence-corrected chi connectivity index (χ4v) is 4.54. The summed E-state index contributed by atoms with van der Waals surface area (Å²) in [7, 11) is 5.81. The molecule has 0 unspecified atom stereocenters. The van der Waals surface area contributed by atoms with Crippen molar-refractivity contribution < 1.29 is 13.6 Å². The predicted octanol–water partition coefficient (Wildman–Crippen LogP) is 3.20. The molecule has 8 nitrogen and oxygen atoms in total. The van der Waals surface area contributed by atoms with Gasteiger partial charge in [0.15, 0.2) is 11.5 Å². The number of rotatable bonds is 4. The van der Waals surface area contributed by atoms with Gasteiger partial charge in [-0.3, -0.25) is 9.48 Å². The third kappa shape index (κ3) is 3.70. The maximum atomic E-state index is 15.4. The molecule has 0 radical (unpaired) electrons. The van der Waals surface area contributed by atoms with E-state index in [1.807, 2.05) is 14.1 Å². The third-order valence-corrected chi connectivity index (χ3v) is 6.19. The number of anilines is 2. The van der Waals surface area contributed by atoms with Gasteiger partial charge in [-0.05, 0) is 33.5 Å². The lowest BCUT2D eigenvalue weighted by Crippen LogP contribution is -2.31. The molecule has 4 heterocycles. The molecule has 0 aliphatic carbocycles. The van der Waals surface area contributed by atoms with Crippen LogP contribution in [-0.2, 0) is 7.05 Å². The van der Waals surface area contributed by atoms with Gasteiger partial charge in [0.25, 0.3) is 5.91 Å². The van der Waals surface area contributed by atoms with Gasteiger partial charge in [0, 0.05) is 56.2 Å². The van der Waals surface area contributed by atoms with Gasteiger partial charge >= 0.3 is 0 Å². The first kappa shape index (κ1) is 21.3. The number of pyridine rings is 1. The molecule has 5 rings (SSSR count). The van der Waals surface area contributed by atoms with Crippen molar-refractivity contribution in [2.24, 2.45) is 7.05 Å². The minimum absolute atomic E-state index is 0.162. The number of benzene rings is 1. The number of likely N-dealkylation sites (N-methyl/N-ethyl adjacent to an activating group) is 1. The summed E-state index contributed by atoms with van der Waals surface area (Å²) in [4.78, 5) is 21.5. The van der Waals surface area contributed by atoms with Crippen molar-refractivity contribution in [1.29, 1.82) is 0 Å². The molecule has 1 N–H and O–H groups in total. The summed E-state index contributed by atoms with van der Waals surface area (Å²) >= 11 is 0. The second-order valence-corrected chi connectivity index (χ2v) is 8.81. The highest BCUT2D eigenvalue weighted by Crippen LogP contribution is 2.34. The molecule has 1 aliphatic heterocycles. The predicted molar refractivity (Wildman–Crippen MR) is 123 cm³/mol. The Kier molecular flexibility index (Phi) is 5.04. The molecule has 0 bridgehead atoms. The zero-order valence-corrected chi connectivity index (χ0v) is 18.9. The average molecular weight is 453 g/mol. The highest BCUT2D eigenvalue weighted by Gasteiger charge is 2.29. The van der Waals surface area contributed by atoms with E-state index in [0.29, 0.717) is 17.1 Å². The van der Waals surface area contributed by atoms with E-state index in [1.54, 1.807) is 37.2 Å². The van der Waals surface area contributed by atoms with Crippen molar-refractivity contribution in [2.75, 3.05) is 37.4 Å². The quantitative estimate of drug-likeness (QED) is 0.514. The number of hydrogen-bond donors (Lipinski definition) is 1. The molecule has 0 spiro atoms. The summed E-state index contributed by atoms with van der Waals surface area (Å²) in [6.07, 6.45) is 5.96. The van der Waals surface area contributed by atoms with Crippen molar-refractivity contribution >= 4 is 33.8 Å². The van der Waals surface area contributed by atoms with Gasteiger partial charge in [0.2, 0.25) is 0 Å². The van der Waals surface area contributed by atoms with E-state index in [0.717, 1.165) is 25.2 Å². The number of amides is 1. The molecule has 1 saturated heterocycles. The zero-order chi connectivity index (χ0) is 23.4. The minimum Gasteiger partial charge on any atom is -0.369 e. The van der Waals surface area contributed by atoms with Crippen LogP contribution in [0.25, 0.3) is 16.6 Å². The lowest BCUT2D eigenvalue weighted by atomic mass is 10.1. The van der Waals surface area contributed by atoms with E-state index in [-0.39, 0.29) is 22.4 Å². The fourth-order valence-electron chi connectivity index (χ4n) is 4.54. The van der Waals surface area contributed by atoms with Gasteiger partial charge in [-0.15, -0.1) is 0 Å². The fraction of sp³-hybridized carbons (Fsp3) is 0.348. The Labute approximate surface area is 189 Å². The molecule has 0 saturated carbocycles. The Balaban J connectivity index is 1.52. The van der Waals surface area contributed by atoms with E-state index in [4.69, 9.17) is 0 Å². The van der Waals surface area contributed by atoms with Crippen LogP contribution in [0.2, 0.25) is 0 Å². The number of nitrogens with one attached hydrogen (secondary N) is 1. The van der Waals surface area contributed by atoms with Crippen LogP contribution < -0.4 is 10.2 Å². The summed E-state index contributed by atoms with van der Waals surface area (Å²) < 4.78 is 32.8. The van der Waals surface area contributed by atoms with E-state index >= 15 is 4.39 Å². The van der Waals surface area contributed by atoms with Gasteiger partial charge in [-0.1, -0.05) is 0 Å². The number of aryl methyl sites for hydroxylation is 2. The maximum Gasteiger partial charge on any atom is 0.260 e. The molecule has 4 aromatic rings. The first-order valence-electron chi connectivity index (χ1n) is 10.7. The molecule has 10 heteroatoms. The first-order chi connectivity index (χ1) is 15.7. The van der Waals surface area contributed by atoms with Crippen molar-refractivity contribution in [1.82, 2.24) is 24.1 Å². The summed E-state index contributed by atoms with van der Waals surface area (Å²) in [5, 5.41) is 7.70. The van der Waals surface area contributed by atoms with Crippen molar-refractivity contribution in [3.63, 3.8) is 0 Å². The van der Waals surface area contributed by atoms with Gasteiger partial charge in [0.1, 0.15) is 16.9 Å². The molecular formula is C23H25F2N7O. The van der Waals surface area contributed by atoms with Gasteiger partial charge in [0.05, 0.1) is 17.1 Å². The summed E-state index contributed by atoms with van der Waals surface area (Å²) in [5.41, 5.74) is 1.84. The highest BCUT2D eigenvalue weighted by molar-refractivity contribution is 6.14. The molecule has 33 heavy (non-hydrogen) atoms. The monoisotopic (exact) mass is 453 g/mol. The normalized spacial score (nSPS) is 16.5. The van der Waals surface area contributed by atoms with Gasteiger partial charge in [-0.2, -0.15) is 5.10 Å². The number of imidazole rings is 1. The van der Waals surface area contributed by atoms with Crippen LogP contribution in [0.4, 0.5) is 20.2 Å². The minimum atomic E-state index is -0.689. The Bertz CT molecular complexity index is 1390. The van der Waals surface area contributed by atoms with E-state index in [9.17, 15) is 9.18 Å². The summed E-state index contributed by atoms with van der Waals surface area (Å²) in [6, 6.07) is 2.95. The second-order valence-electron chi connectivity index (χ2n) is 8.81. The van der Waals surface area contributed by atoms with Crippen LogP contribution in [0.3, 0.4) is 0 Å². The molecule has 1 amide bonds. The van der Waals surface area contributed by atoms with E-state index < -0.39 is 17.5 Å². The Hall–Kier alpha value is -3.53. The second kappa shape index (κ2) is 7.80. The lowest BCUT2D eigenvalue weighted by Gasteiger charge is -2.23. The molecule has 1 atom stereocenters. The largest absolute Gasteiger partial charge is 0.369 e. The molecule has 3 aromatic heterocycles. The van der Waals surface area contributed by atoms with E-state index in [1.165, 1.54) is 16.5 Å². The van der Waals surface area contributed by atoms with E-state index in [2.05, 4.69) is 25.2 Å². The number of aromatic nitrogens is 4. The zero-order valence-electron chi connectivity index (χ0n) is 18.9. The highest BCUT2D eigenvalue weighted by atomic mass is 19.1. The Morgan fingerprint density at radius 2 is 1.97 bits per heavy atom. The van der Waals surface area contributed by atoms with Gasteiger partial charge < -0.3 is 19.5 Å². The van der Waals surface area contributed by atoms with Crippen LogP contribution in [0.5, 0.6) is 0 Å². The molecule has 172 valence electrons. The number of carbonyl (C=O) groups excluding carboxylic acids is 1. The third-order valence-electron chi connectivity index (χ3n) is 6.19. The molecule has 1 fully saturated rings. The standard InChI is InChI=1S/C23H25F2N7O/c1-13-9-32-10-14(7-18(25)22(32)26-13)27-23(33)20-17(24)8-19(16-12-30(4)28-21(16)20)31-6-5-15(11-31)29(2)3/h7-10,12,15H,5-6,11H2,1-4H3,(H,27,33)/t15-/m0/s1. The topological polar surface area (TPSA) is 70.7 Å². The lowest BCUT2D eigenvalue weighted by molar-refractivity contribution is 0.102. The number of halogens is 2. The average Bonchev–Trinajstić information content (AvgIpc) is 3.44. The first-order valence-corrected chi connectivity index (χ1v) is 10.7. The molecule has 1 aliphatic rings. The van der Waals surface area contributed by atoms with Gasteiger partial charge in [-0.25, -0.2) is 13.8 Å². The molecular weight excluding hydrogens is 428 g/mol. The van der Waals surface area contributed by atoms with Crippen LogP contribution in [0.15, 0.2) is 30.7 Å². The van der Waals surface area contributed by atoms with Crippen LogP contribution in [0.1, 0.15) is 22.5 Å². The number of fused-ring (bicyclic) bond motifs is 2.